The molecule has 0 bridgehead atoms. The van der Waals surface area contributed by atoms with Crippen molar-refractivity contribution >= 4 is 5.91 Å². The van der Waals surface area contributed by atoms with Gasteiger partial charge in [-0.05, 0) is 24.1 Å². The molecule has 1 aromatic carbocycles. The Morgan fingerprint density at radius 2 is 2.05 bits per heavy atom. The molecule has 2 aromatic rings. The van der Waals surface area contributed by atoms with Crippen LogP contribution in [0, 0.1) is 11.3 Å². The van der Waals surface area contributed by atoms with Crippen molar-refractivity contribution in [3.05, 3.63) is 65.5 Å². The number of benzene rings is 1. The maximum absolute atomic E-state index is 12.5. The van der Waals surface area contributed by atoms with Gasteiger partial charge >= 0.3 is 0 Å². The minimum Gasteiger partial charge on any atom is -0.383 e. The summed E-state index contributed by atoms with van der Waals surface area (Å²) in [5.41, 5.74) is 0.523. The van der Waals surface area contributed by atoms with Gasteiger partial charge in [0.2, 0.25) is 0 Å². The first-order chi connectivity index (χ1) is 10.6. The van der Waals surface area contributed by atoms with Crippen LogP contribution in [0.25, 0.3) is 0 Å². The van der Waals surface area contributed by atoms with E-state index < -0.39 is 5.60 Å². The molecule has 22 heavy (non-hydrogen) atoms. The van der Waals surface area contributed by atoms with Crippen LogP contribution in [0.1, 0.15) is 28.0 Å². The van der Waals surface area contributed by atoms with Crippen molar-refractivity contribution in [1.82, 2.24) is 9.88 Å². The first kappa shape index (κ1) is 14.2. The van der Waals surface area contributed by atoms with E-state index in [9.17, 15) is 9.90 Å². The lowest BCUT2D eigenvalue weighted by Gasteiger charge is -2.24. The Morgan fingerprint density at radius 3 is 2.68 bits per heavy atom. The Balaban J connectivity index is 1.77. The smallest absolute Gasteiger partial charge is 0.255 e. The number of amides is 1. The molecule has 1 aliphatic heterocycles. The normalized spacial score (nSPS) is 20.6. The fourth-order valence-electron chi connectivity index (χ4n) is 2.72. The molecule has 0 unspecified atom stereocenters. The second-order valence-corrected chi connectivity index (χ2v) is 5.42. The predicted octanol–water partition coefficient (Wildman–Crippen LogP) is 1.69. The average Bonchev–Trinajstić information content (AvgIpc) is 2.99. The Kier molecular flexibility index (Phi) is 3.61. The van der Waals surface area contributed by atoms with E-state index in [1.54, 1.807) is 11.0 Å². The van der Waals surface area contributed by atoms with Crippen molar-refractivity contribution in [3.8, 4) is 6.07 Å². The molecule has 1 amide bonds. The lowest BCUT2D eigenvalue weighted by molar-refractivity contribution is 0.0417. The molecule has 1 fully saturated rings. The van der Waals surface area contributed by atoms with Gasteiger partial charge in [-0.1, -0.05) is 30.3 Å². The molecule has 5 nitrogen and oxygen atoms in total. The van der Waals surface area contributed by atoms with E-state index in [1.807, 2.05) is 36.4 Å². The quantitative estimate of drug-likeness (QED) is 0.914. The van der Waals surface area contributed by atoms with Crippen LogP contribution in [0.3, 0.4) is 0 Å². The van der Waals surface area contributed by atoms with Crippen molar-refractivity contribution in [2.24, 2.45) is 0 Å². The number of nitriles is 1. The van der Waals surface area contributed by atoms with E-state index in [0.717, 1.165) is 5.56 Å². The zero-order chi connectivity index (χ0) is 15.6. The van der Waals surface area contributed by atoms with Gasteiger partial charge in [0.15, 0.2) is 0 Å². The molecule has 110 valence electrons. The molecule has 1 N–H and O–H groups in total. The van der Waals surface area contributed by atoms with Crippen LogP contribution >= 0.6 is 0 Å². The second-order valence-electron chi connectivity index (χ2n) is 5.42. The van der Waals surface area contributed by atoms with Gasteiger partial charge in [0.25, 0.3) is 5.91 Å². The number of aliphatic hydroxyl groups is 1. The summed E-state index contributed by atoms with van der Waals surface area (Å²) in [5, 5.41) is 19.5. The molecule has 2 heterocycles. The molecule has 5 heteroatoms. The highest BCUT2D eigenvalue weighted by Crippen LogP contribution is 2.32. The zero-order valence-electron chi connectivity index (χ0n) is 11.9. The first-order valence-corrected chi connectivity index (χ1v) is 7.06. The van der Waals surface area contributed by atoms with Gasteiger partial charge in [0.05, 0.1) is 12.1 Å². The third-order valence-corrected chi connectivity index (χ3v) is 3.97. The summed E-state index contributed by atoms with van der Waals surface area (Å²) < 4.78 is 0. The largest absolute Gasteiger partial charge is 0.383 e. The molecule has 1 atom stereocenters. The van der Waals surface area contributed by atoms with Gasteiger partial charge < -0.3 is 10.0 Å². The highest BCUT2D eigenvalue weighted by molar-refractivity contribution is 5.94. The van der Waals surface area contributed by atoms with Crippen molar-refractivity contribution < 1.29 is 9.90 Å². The van der Waals surface area contributed by atoms with E-state index >= 15 is 0 Å². The maximum atomic E-state index is 12.5. The summed E-state index contributed by atoms with van der Waals surface area (Å²) in [6, 6.07) is 14.4. The summed E-state index contributed by atoms with van der Waals surface area (Å²) in [6.07, 6.45) is 1.91. The van der Waals surface area contributed by atoms with Crippen LogP contribution in [0.2, 0.25) is 0 Å². The van der Waals surface area contributed by atoms with Crippen molar-refractivity contribution in [1.29, 1.82) is 5.26 Å². The van der Waals surface area contributed by atoms with Crippen molar-refractivity contribution in [2.75, 3.05) is 13.1 Å². The lowest BCUT2D eigenvalue weighted by Crippen LogP contribution is -2.34. The highest BCUT2D eigenvalue weighted by Gasteiger charge is 2.39. The average molecular weight is 293 g/mol. The molecule has 1 aliphatic rings. The number of hydrogen-bond donors (Lipinski definition) is 1. The van der Waals surface area contributed by atoms with Gasteiger partial charge in [-0.25, -0.2) is 4.98 Å². The van der Waals surface area contributed by atoms with Crippen molar-refractivity contribution in [3.63, 3.8) is 0 Å². The summed E-state index contributed by atoms with van der Waals surface area (Å²) in [5.74, 6) is -0.177. The number of nitrogens with zero attached hydrogens (tertiary/aromatic N) is 3. The number of carbonyl (C=O) groups is 1. The van der Waals surface area contributed by atoms with E-state index in [0.29, 0.717) is 18.5 Å². The van der Waals surface area contributed by atoms with E-state index in [2.05, 4.69) is 4.98 Å². The number of pyridine rings is 1. The summed E-state index contributed by atoms with van der Waals surface area (Å²) in [4.78, 5) is 18.0. The van der Waals surface area contributed by atoms with Crippen LogP contribution < -0.4 is 0 Å². The van der Waals surface area contributed by atoms with Gasteiger partial charge in [-0.3, -0.25) is 4.79 Å². The Bertz CT molecular complexity index is 722. The number of likely N-dealkylation sites (tertiary alicyclic amines) is 1. The maximum Gasteiger partial charge on any atom is 0.255 e. The number of aromatic nitrogens is 1. The van der Waals surface area contributed by atoms with Crippen LogP contribution in [-0.4, -0.2) is 34.0 Å². The molecule has 1 saturated heterocycles. The van der Waals surface area contributed by atoms with Crippen LogP contribution in [-0.2, 0) is 5.60 Å². The van der Waals surface area contributed by atoms with Gasteiger partial charge in [0.1, 0.15) is 17.4 Å². The Hall–Kier alpha value is -2.71. The minimum absolute atomic E-state index is 0.177. The minimum atomic E-state index is -1.00. The second kappa shape index (κ2) is 5.58. The van der Waals surface area contributed by atoms with E-state index in [1.165, 1.54) is 12.3 Å². The third kappa shape index (κ3) is 2.57. The molecule has 3 rings (SSSR count). The molecule has 1 aromatic heterocycles. The zero-order valence-corrected chi connectivity index (χ0v) is 11.9. The SMILES string of the molecule is N#Cc1ccc(C(=O)N2CC[C@](O)(c3ccccc3)C2)cn1. The molecular weight excluding hydrogens is 278 g/mol. The topological polar surface area (TPSA) is 77.2 Å². The fraction of sp³-hybridized carbons (Fsp3) is 0.235. The highest BCUT2D eigenvalue weighted by atomic mass is 16.3. The van der Waals surface area contributed by atoms with Crippen LogP contribution in [0.15, 0.2) is 48.7 Å². The molecule has 0 saturated carbocycles. The van der Waals surface area contributed by atoms with E-state index in [-0.39, 0.29) is 18.1 Å². The fourth-order valence-corrected chi connectivity index (χ4v) is 2.72. The number of β-amino-alcohol motifs (C(OH)–C–C–N with tert-alkyl or cyclic N) is 1. The van der Waals surface area contributed by atoms with Crippen LogP contribution in [0.5, 0.6) is 0 Å². The number of hydrogen-bond acceptors (Lipinski definition) is 4. The Morgan fingerprint density at radius 1 is 1.27 bits per heavy atom. The predicted molar refractivity (Wildman–Crippen MR) is 79.8 cm³/mol. The number of carbonyl (C=O) groups excluding carboxylic acids is 1. The summed E-state index contributed by atoms with van der Waals surface area (Å²) in [6.45, 7) is 0.750. The third-order valence-electron chi connectivity index (χ3n) is 3.97. The summed E-state index contributed by atoms with van der Waals surface area (Å²) >= 11 is 0. The monoisotopic (exact) mass is 293 g/mol. The summed E-state index contributed by atoms with van der Waals surface area (Å²) in [7, 11) is 0. The van der Waals surface area contributed by atoms with Gasteiger partial charge in [-0.2, -0.15) is 5.26 Å². The standard InChI is InChI=1S/C17H15N3O2/c18-10-15-7-6-13(11-19-15)16(21)20-9-8-17(22,12-20)14-4-2-1-3-5-14/h1-7,11,22H,8-9,12H2/t17-/m1/s1. The molecule has 0 spiro atoms. The lowest BCUT2D eigenvalue weighted by atomic mass is 9.93. The van der Waals surface area contributed by atoms with E-state index in [4.69, 9.17) is 5.26 Å². The van der Waals surface area contributed by atoms with Gasteiger partial charge in [0, 0.05) is 12.7 Å². The van der Waals surface area contributed by atoms with Gasteiger partial charge in [-0.15, -0.1) is 0 Å². The number of rotatable bonds is 2. The molecular formula is C17H15N3O2. The first-order valence-electron chi connectivity index (χ1n) is 7.06. The van der Waals surface area contributed by atoms with Crippen molar-refractivity contribution in [2.45, 2.75) is 12.0 Å². The molecule has 0 radical (unpaired) electrons. The molecule has 0 aliphatic carbocycles. The Labute approximate surface area is 128 Å². The van der Waals surface area contributed by atoms with Crippen LogP contribution in [0.4, 0.5) is 0 Å².